The summed E-state index contributed by atoms with van der Waals surface area (Å²) in [5, 5.41) is 10.5. The van der Waals surface area contributed by atoms with E-state index in [0.29, 0.717) is 5.92 Å². The molecule has 0 radical (unpaired) electrons. The second kappa shape index (κ2) is 6.41. The van der Waals surface area contributed by atoms with Gasteiger partial charge in [-0.05, 0) is 54.3 Å². The van der Waals surface area contributed by atoms with Crippen LogP contribution >= 0.6 is 0 Å². The number of hydrogen-bond donors (Lipinski definition) is 0. The predicted molar refractivity (Wildman–Crippen MR) is 92.7 cm³/mol. The maximum absolute atomic E-state index is 5.77. The van der Waals surface area contributed by atoms with E-state index in [9.17, 15) is 0 Å². The van der Waals surface area contributed by atoms with Crippen molar-refractivity contribution in [1.29, 1.82) is 0 Å². The van der Waals surface area contributed by atoms with E-state index in [4.69, 9.17) is 4.74 Å². The van der Waals surface area contributed by atoms with Crippen molar-refractivity contribution in [3.63, 3.8) is 0 Å². The fourth-order valence-electron chi connectivity index (χ4n) is 2.98. The normalized spacial score (nSPS) is 13.0. The van der Waals surface area contributed by atoms with Gasteiger partial charge in [0.25, 0.3) is 0 Å². The fourth-order valence-corrected chi connectivity index (χ4v) is 2.98. The highest BCUT2D eigenvalue weighted by Gasteiger charge is 2.19. The van der Waals surface area contributed by atoms with Crippen LogP contribution < -0.4 is 4.74 Å². The first-order valence-electron chi connectivity index (χ1n) is 8.11. The second-order valence-electron chi connectivity index (χ2n) is 6.51. The van der Waals surface area contributed by atoms with Crippen LogP contribution in [0.15, 0.2) is 48.8 Å². The van der Waals surface area contributed by atoms with E-state index in [1.807, 2.05) is 30.8 Å². The number of ether oxygens (including phenoxy) is 1. The number of aromatic nitrogens is 3. The number of nitrogens with zero attached hydrogens (tertiary/aromatic N) is 3. The van der Waals surface area contributed by atoms with Gasteiger partial charge in [-0.3, -0.25) is 0 Å². The van der Waals surface area contributed by atoms with Crippen LogP contribution in [0.5, 0.6) is 5.75 Å². The van der Waals surface area contributed by atoms with Gasteiger partial charge in [-0.15, -0.1) is 5.10 Å². The number of rotatable bonds is 5. The van der Waals surface area contributed by atoms with Crippen LogP contribution in [0.3, 0.4) is 0 Å². The van der Waals surface area contributed by atoms with Crippen molar-refractivity contribution in [3.05, 3.63) is 54.4 Å². The van der Waals surface area contributed by atoms with Crippen molar-refractivity contribution in [3.8, 4) is 5.75 Å². The molecule has 23 heavy (non-hydrogen) atoms. The lowest BCUT2D eigenvalue weighted by Gasteiger charge is -2.22. The molecule has 0 bridgehead atoms. The van der Waals surface area contributed by atoms with E-state index in [1.54, 1.807) is 6.20 Å². The van der Waals surface area contributed by atoms with E-state index in [1.165, 1.54) is 16.3 Å². The van der Waals surface area contributed by atoms with Crippen LogP contribution in [-0.2, 0) is 0 Å². The van der Waals surface area contributed by atoms with Gasteiger partial charge in [-0.25, -0.2) is 4.68 Å². The zero-order valence-electron chi connectivity index (χ0n) is 14.1. The van der Waals surface area contributed by atoms with Gasteiger partial charge >= 0.3 is 0 Å². The summed E-state index contributed by atoms with van der Waals surface area (Å²) >= 11 is 0. The van der Waals surface area contributed by atoms with Crippen molar-refractivity contribution in [2.45, 2.75) is 39.8 Å². The summed E-state index contributed by atoms with van der Waals surface area (Å²) in [5.74, 6) is 1.34. The van der Waals surface area contributed by atoms with E-state index < -0.39 is 0 Å². The summed E-state index contributed by atoms with van der Waals surface area (Å²) in [4.78, 5) is 0. The fraction of sp³-hybridized carbons (Fsp3) is 0.368. The van der Waals surface area contributed by atoms with Crippen molar-refractivity contribution in [1.82, 2.24) is 15.0 Å². The minimum absolute atomic E-state index is 0.185. The minimum atomic E-state index is 0.185. The highest BCUT2D eigenvalue weighted by Crippen LogP contribution is 2.30. The monoisotopic (exact) mass is 309 g/mol. The molecule has 0 aliphatic carbocycles. The molecule has 3 aromatic rings. The lowest BCUT2D eigenvalue weighted by molar-refractivity contribution is 0.243. The smallest absolute Gasteiger partial charge is 0.120 e. The van der Waals surface area contributed by atoms with Gasteiger partial charge in [0.1, 0.15) is 5.75 Å². The molecule has 120 valence electrons. The third-order valence-corrected chi connectivity index (χ3v) is 3.91. The molecule has 0 saturated heterocycles. The first-order valence-corrected chi connectivity index (χ1v) is 8.11. The van der Waals surface area contributed by atoms with Gasteiger partial charge in [0.2, 0.25) is 0 Å². The molecular formula is C19H23N3O. The average Bonchev–Trinajstić information content (AvgIpc) is 3.00. The van der Waals surface area contributed by atoms with E-state index in [-0.39, 0.29) is 12.1 Å². The molecule has 4 heteroatoms. The first kappa shape index (κ1) is 15.5. The highest BCUT2D eigenvalue weighted by atomic mass is 16.5. The molecule has 0 saturated carbocycles. The van der Waals surface area contributed by atoms with Crippen LogP contribution in [-0.4, -0.2) is 21.1 Å². The highest BCUT2D eigenvalue weighted by molar-refractivity contribution is 5.84. The van der Waals surface area contributed by atoms with Crippen LogP contribution in [0.25, 0.3) is 10.8 Å². The Kier molecular flexibility index (Phi) is 4.33. The zero-order chi connectivity index (χ0) is 16.4. The van der Waals surface area contributed by atoms with Crippen LogP contribution in [0.2, 0.25) is 0 Å². The third kappa shape index (κ3) is 3.36. The molecule has 1 atom stereocenters. The maximum atomic E-state index is 5.77. The van der Waals surface area contributed by atoms with Crippen molar-refractivity contribution in [2.75, 3.05) is 0 Å². The van der Waals surface area contributed by atoms with Gasteiger partial charge in [-0.2, -0.15) is 0 Å². The summed E-state index contributed by atoms with van der Waals surface area (Å²) in [6.45, 7) is 8.49. The summed E-state index contributed by atoms with van der Waals surface area (Å²) < 4.78 is 7.71. The molecule has 0 aliphatic heterocycles. The average molecular weight is 309 g/mol. The van der Waals surface area contributed by atoms with Gasteiger partial charge in [0, 0.05) is 6.20 Å². The van der Waals surface area contributed by atoms with Gasteiger partial charge < -0.3 is 4.74 Å². The Balaban J connectivity index is 1.99. The summed E-state index contributed by atoms with van der Waals surface area (Å²) in [7, 11) is 0. The lowest BCUT2D eigenvalue weighted by atomic mass is 9.94. The molecule has 2 aromatic carbocycles. The van der Waals surface area contributed by atoms with Gasteiger partial charge in [-0.1, -0.05) is 37.3 Å². The zero-order valence-corrected chi connectivity index (χ0v) is 14.1. The van der Waals surface area contributed by atoms with Crippen LogP contribution in [0.1, 0.15) is 39.3 Å². The number of benzene rings is 2. The molecule has 1 aromatic heterocycles. The largest absolute Gasteiger partial charge is 0.491 e. The molecule has 1 heterocycles. The third-order valence-electron chi connectivity index (χ3n) is 3.91. The Bertz CT molecular complexity index is 778. The Morgan fingerprint density at radius 2 is 1.70 bits per heavy atom. The van der Waals surface area contributed by atoms with Crippen LogP contribution in [0, 0.1) is 5.92 Å². The first-order chi connectivity index (χ1) is 11.0. The van der Waals surface area contributed by atoms with Gasteiger partial charge in [0.05, 0.1) is 18.3 Å². The number of fused-ring (bicyclic) bond motifs is 1. The molecule has 0 N–H and O–H groups in total. The molecule has 0 aliphatic rings. The van der Waals surface area contributed by atoms with Gasteiger partial charge in [0.15, 0.2) is 0 Å². The maximum Gasteiger partial charge on any atom is 0.120 e. The molecular weight excluding hydrogens is 286 g/mol. The second-order valence-corrected chi connectivity index (χ2v) is 6.51. The van der Waals surface area contributed by atoms with Crippen molar-refractivity contribution in [2.24, 2.45) is 5.92 Å². The summed E-state index contributed by atoms with van der Waals surface area (Å²) in [5.41, 5.74) is 1.25. The molecule has 4 nitrogen and oxygen atoms in total. The topological polar surface area (TPSA) is 39.9 Å². The van der Waals surface area contributed by atoms with Crippen LogP contribution in [0.4, 0.5) is 0 Å². The molecule has 1 unspecified atom stereocenters. The molecule has 0 amide bonds. The Hall–Kier alpha value is -2.36. The molecule has 0 fully saturated rings. The summed E-state index contributed by atoms with van der Waals surface area (Å²) in [6.07, 6.45) is 3.84. The van der Waals surface area contributed by atoms with E-state index in [2.05, 4.69) is 54.5 Å². The van der Waals surface area contributed by atoms with Crippen molar-refractivity contribution >= 4 is 10.8 Å². The van der Waals surface area contributed by atoms with E-state index in [0.717, 1.165) is 5.75 Å². The Morgan fingerprint density at radius 3 is 2.35 bits per heavy atom. The van der Waals surface area contributed by atoms with E-state index >= 15 is 0 Å². The predicted octanol–water partition coefficient (Wildman–Crippen LogP) is 4.46. The SMILES string of the molecule is CC(C)Oc1ccc2cc(C(C(C)C)n3ccnn3)ccc2c1. The molecule has 0 spiro atoms. The van der Waals surface area contributed by atoms with Crippen molar-refractivity contribution < 1.29 is 4.74 Å². The Labute approximate surface area is 137 Å². The summed E-state index contributed by atoms with van der Waals surface area (Å²) in [6, 6.07) is 13.0. The number of hydrogen-bond acceptors (Lipinski definition) is 3. The minimum Gasteiger partial charge on any atom is -0.491 e. The standard InChI is InChI=1S/C19H23N3O/c1-13(2)19(22-10-9-20-21-22)17-6-5-16-12-18(23-14(3)4)8-7-15(16)11-17/h5-14,19H,1-4H3. The lowest BCUT2D eigenvalue weighted by Crippen LogP contribution is -2.17. The Morgan fingerprint density at radius 1 is 0.957 bits per heavy atom. The quantitative estimate of drug-likeness (QED) is 0.698. The molecule has 3 rings (SSSR count).